The van der Waals surface area contributed by atoms with E-state index in [1.54, 1.807) is 0 Å². The highest BCUT2D eigenvalue weighted by Crippen LogP contribution is 2.20. The van der Waals surface area contributed by atoms with E-state index in [0.29, 0.717) is 13.1 Å². The first-order valence-electron chi connectivity index (χ1n) is 4.87. The van der Waals surface area contributed by atoms with Crippen molar-refractivity contribution in [2.45, 2.75) is 44.2 Å². The van der Waals surface area contributed by atoms with Crippen molar-refractivity contribution >= 4 is 11.6 Å². The Kier molecular flexibility index (Phi) is 7.37. The minimum absolute atomic E-state index is 0.130. The molecule has 5 heteroatoms. The molecular weight excluding hydrogens is 215 g/mol. The fourth-order valence-electron chi connectivity index (χ4n) is 1.00. The third kappa shape index (κ3) is 10.1. The Morgan fingerprint density at radius 2 is 1.93 bits per heavy atom. The van der Waals surface area contributed by atoms with Gasteiger partial charge in [-0.15, -0.1) is 11.6 Å². The van der Waals surface area contributed by atoms with E-state index < -0.39 is 12.6 Å². The highest BCUT2D eigenvalue weighted by atomic mass is 35.5. The molecule has 86 valence electrons. The van der Waals surface area contributed by atoms with E-state index >= 15 is 0 Å². The van der Waals surface area contributed by atoms with Crippen LogP contribution in [0, 0.1) is 0 Å². The van der Waals surface area contributed by atoms with Gasteiger partial charge in [-0.05, 0) is 32.4 Å². The van der Waals surface area contributed by atoms with Crippen LogP contribution in [0.5, 0.6) is 0 Å². The molecule has 1 nitrogen and oxygen atoms in total. The molecule has 0 bridgehead atoms. The summed E-state index contributed by atoms with van der Waals surface area (Å²) in [7, 11) is 0. The van der Waals surface area contributed by atoms with Crippen molar-refractivity contribution in [3.05, 3.63) is 0 Å². The molecule has 0 aliphatic heterocycles. The van der Waals surface area contributed by atoms with E-state index in [1.165, 1.54) is 0 Å². The molecule has 0 aromatic heterocycles. The van der Waals surface area contributed by atoms with Gasteiger partial charge in [0.1, 0.15) is 0 Å². The summed E-state index contributed by atoms with van der Waals surface area (Å²) in [6.07, 6.45) is -2.89. The average molecular weight is 232 g/mol. The monoisotopic (exact) mass is 231 g/mol. The lowest BCUT2D eigenvalue weighted by Crippen LogP contribution is -2.21. The third-order valence-electron chi connectivity index (χ3n) is 1.89. The van der Waals surface area contributed by atoms with Crippen molar-refractivity contribution in [2.75, 3.05) is 13.1 Å². The van der Waals surface area contributed by atoms with Gasteiger partial charge < -0.3 is 5.32 Å². The summed E-state index contributed by atoms with van der Waals surface area (Å²) in [5.41, 5.74) is 0. The summed E-state index contributed by atoms with van der Waals surface area (Å²) >= 11 is 5.83. The Bertz CT molecular complexity index is 139. The molecule has 0 rings (SSSR count). The van der Waals surface area contributed by atoms with Crippen LogP contribution < -0.4 is 5.32 Å². The molecule has 14 heavy (non-hydrogen) atoms. The number of hydrogen-bond acceptors (Lipinski definition) is 1. The summed E-state index contributed by atoms with van der Waals surface area (Å²) in [5.74, 6) is 0. The first-order valence-corrected chi connectivity index (χ1v) is 5.31. The molecule has 0 saturated heterocycles. The van der Waals surface area contributed by atoms with Gasteiger partial charge in [-0.25, -0.2) is 0 Å². The van der Waals surface area contributed by atoms with Gasteiger partial charge in [0, 0.05) is 11.8 Å². The van der Waals surface area contributed by atoms with Crippen molar-refractivity contribution in [3.63, 3.8) is 0 Å². The largest absolute Gasteiger partial charge is 0.389 e. The van der Waals surface area contributed by atoms with E-state index in [9.17, 15) is 13.2 Å². The molecule has 1 N–H and O–H groups in total. The van der Waals surface area contributed by atoms with Gasteiger partial charge >= 0.3 is 6.18 Å². The molecule has 0 fully saturated rings. The molecule has 1 unspecified atom stereocenters. The molecule has 0 aromatic rings. The summed E-state index contributed by atoms with van der Waals surface area (Å²) in [6.45, 7) is 3.09. The lowest BCUT2D eigenvalue weighted by atomic mass is 10.2. The molecule has 0 aliphatic carbocycles. The van der Waals surface area contributed by atoms with Crippen LogP contribution in [0.4, 0.5) is 13.2 Å². The first kappa shape index (κ1) is 14.0. The van der Waals surface area contributed by atoms with Gasteiger partial charge in [0.25, 0.3) is 0 Å². The van der Waals surface area contributed by atoms with E-state index in [4.69, 9.17) is 11.6 Å². The average Bonchev–Trinajstić information content (AvgIpc) is 2.08. The van der Waals surface area contributed by atoms with Crippen LogP contribution >= 0.6 is 11.6 Å². The van der Waals surface area contributed by atoms with Crippen LogP contribution in [0.1, 0.15) is 32.6 Å². The minimum Gasteiger partial charge on any atom is -0.317 e. The Morgan fingerprint density at radius 1 is 1.29 bits per heavy atom. The van der Waals surface area contributed by atoms with Crippen molar-refractivity contribution in [2.24, 2.45) is 0 Å². The molecule has 0 aliphatic rings. The molecule has 0 saturated carbocycles. The van der Waals surface area contributed by atoms with Crippen molar-refractivity contribution in [1.29, 1.82) is 0 Å². The quantitative estimate of drug-likeness (QED) is 0.524. The third-order valence-corrected chi connectivity index (χ3v) is 2.42. The van der Waals surface area contributed by atoms with Crippen LogP contribution in [0.15, 0.2) is 0 Å². The second kappa shape index (κ2) is 7.35. The van der Waals surface area contributed by atoms with Crippen molar-refractivity contribution in [1.82, 2.24) is 5.32 Å². The number of alkyl halides is 4. The first-order chi connectivity index (χ1) is 6.45. The van der Waals surface area contributed by atoms with E-state index in [-0.39, 0.29) is 11.8 Å². The second-order valence-electron chi connectivity index (χ2n) is 3.26. The summed E-state index contributed by atoms with van der Waals surface area (Å²) in [6, 6.07) is 0. The van der Waals surface area contributed by atoms with Gasteiger partial charge in [0.05, 0.1) is 0 Å². The van der Waals surface area contributed by atoms with E-state index in [2.05, 4.69) is 5.32 Å². The van der Waals surface area contributed by atoms with E-state index in [0.717, 1.165) is 12.8 Å². The zero-order chi connectivity index (χ0) is 11.0. The molecule has 0 heterocycles. The Labute approximate surface area is 88.0 Å². The van der Waals surface area contributed by atoms with Gasteiger partial charge in [0.2, 0.25) is 0 Å². The number of hydrogen-bond donors (Lipinski definition) is 1. The highest BCUT2D eigenvalue weighted by molar-refractivity contribution is 6.20. The zero-order valence-corrected chi connectivity index (χ0v) is 9.09. The molecule has 1 atom stereocenters. The minimum atomic E-state index is -4.03. The highest BCUT2D eigenvalue weighted by Gasteiger charge is 2.25. The standard InChI is InChI=1S/C9H17ClF3N/c1-2-8(10)4-7-14-6-3-5-9(11,12)13/h8,14H,2-7H2,1H3. The molecule has 0 aromatic carbocycles. The number of halogens is 4. The molecule has 0 spiro atoms. The topological polar surface area (TPSA) is 12.0 Å². The Morgan fingerprint density at radius 3 is 2.43 bits per heavy atom. The van der Waals surface area contributed by atoms with Crippen LogP contribution in [0.3, 0.4) is 0 Å². The molecular formula is C9H17ClF3N. The molecule has 0 radical (unpaired) electrons. The number of nitrogens with one attached hydrogen (secondary N) is 1. The van der Waals surface area contributed by atoms with Crippen LogP contribution in [0.25, 0.3) is 0 Å². The Hall–Kier alpha value is 0.0400. The SMILES string of the molecule is CCC(Cl)CCNCCCC(F)(F)F. The van der Waals surface area contributed by atoms with Gasteiger partial charge in [-0.1, -0.05) is 6.92 Å². The maximum atomic E-state index is 11.7. The maximum absolute atomic E-state index is 11.7. The second-order valence-corrected chi connectivity index (χ2v) is 3.88. The number of rotatable bonds is 7. The van der Waals surface area contributed by atoms with E-state index in [1.807, 2.05) is 6.92 Å². The normalized spacial score (nSPS) is 14.4. The smallest absolute Gasteiger partial charge is 0.317 e. The summed E-state index contributed by atoms with van der Waals surface area (Å²) < 4.78 is 35.1. The summed E-state index contributed by atoms with van der Waals surface area (Å²) in [5, 5.41) is 3.07. The van der Waals surface area contributed by atoms with Gasteiger partial charge in [-0.3, -0.25) is 0 Å². The van der Waals surface area contributed by atoms with Gasteiger partial charge in [0.15, 0.2) is 0 Å². The lowest BCUT2D eigenvalue weighted by Gasteiger charge is -2.08. The summed E-state index contributed by atoms with van der Waals surface area (Å²) in [4.78, 5) is 0. The van der Waals surface area contributed by atoms with Gasteiger partial charge in [-0.2, -0.15) is 13.2 Å². The lowest BCUT2D eigenvalue weighted by molar-refractivity contribution is -0.135. The van der Waals surface area contributed by atoms with Crippen LogP contribution in [-0.4, -0.2) is 24.6 Å². The fourth-order valence-corrected chi connectivity index (χ4v) is 1.11. The fraction of sp³-hybridized carbons (Fsp3) is 1.00. The van der Waals surface area contributed by atoms with Crippen LogP contribution in [-0.2, 0) is 0 Å². The van der Waals surface area contributed by atoms with Crippen molar-refractivity contribution in [3.8, 4) is 0 Å². The predicted octanol–water partition coefficient (Wildman–Crippen LogP) is 3.33. The zero-order valence-electron chi connectivity index (χ0n) is 8.33. The maximum Gasteiger partial charge on any atom is 0.389 e. The van der Waals surface area contributed by atoms with Crippen molar-refractivity contribution < 1.29 is 13.2 Å². The molecule has 0 amide bonds. The Balaban J connectivity index is 3.14. The predicted molar refractivity (Wildman–Crippen MR) is 52.7 cm³/mol. The van der Waals surface area contributed by atoms with Crippen LogP contribution in [0.2, 0.25) is 0 Å².